The molecule has 6 heteroatoms. The molecule has 0 saturated heterocycles. The summed E-state index contributed by atoms with van der Waals surface area (Å²) in [6.45, 7) is -0.360. The molecule has 0 aromatic heterocycles. The van der Waals surface area contributed by atoms with Crippen LogP contribution in [0, 0.1) is 27.9 Å². The highest BCUT2D eigenvalue weighted by molar-refractivity contribution is 5.98. The Balaban J connectivity index is 1.49. The van der Waals surface area contributed by atoms with Crippen LogP contribution in [-0.2, 0) is 9.53 Å². The number of rotatable bonds is 6. The number of hydrogen-bond donors (Lipinski definition) is 0. The minimum atomic E-state index is -0.558. The standard InChI is InChI=1S/C17H19NO5/c19-16(13-2-1-3-15(8-13)18(21)22)10-23-17(20)9-14-7-11-4-5-12(14)6-11/h1-3,8,11-12,14H,4-7,9-10H2. The molecule has 2 aliphatic carbocycles. The number of hydrogen-bond acceptors (Lipinski definition) is 5. The zero-order chi connectivity index (χ0) is 16.4. The van der Waals surface area contributed by atoms with Crippen molar-refractivity contribution in [3.63, 3.8) is 0 Å². The molecule has 0 N–H and O–H groups in total. The second-order valence-corrected chi connectivity index (χ2v) is 6.53. The number of ether oxygens (including phenoxy) is 1. The van der Waals surface area contributed by atoms with Crippen LogP contribution in [0.1, 0.15) is 42.5 Å². The van der Waals surface area contributed by atoms with E-state index in [2.05, 4.69) is 0 Å². The maximum Gasteiger partial charge on any atom is 0.306 e. The van der Waals surface area contributed by atoms with Gasteiger partial charge in [-0.25, -0.2) is 0 Å². The van der Waals surface area contributed by atoms with Gasteiger partial charge >= 0.3 is 5.97 Å². The minimum absolute atomic E-state index is 0.149. The Bertz CT molecular complexity index is 642. The van der Waals surface area contributed by atoms with Gasteiger partial charge in [0.25, 0.3) is 5.69 Å². The SMILES string of the molecule is O=C(CC1CC2CCC1C2)OCC(=O)c1cccc([N+](=O)[O-])c1. The Morgan fingerprint density at radius 2 is 2.09 bits per heavy atom. The summed E-state index contributed by atoms with van der Waals surface area (Å²) < 4.78 is 5.07. The van der Waals surface area contributed by atoms with Crippen molar-refractivity contribution in [1.29, 1.82) is 0 Å². The lowest BCUT2D eigenvalue weighted by molar-refractivity contribution is -0.384. The maximum atomic E-state index is 12.0. The number of esters is 1. The molecular weight excluding hydrogens is 298 g/mol. The van der Waals surface area contributed by atoms with Gasteiger partial charge < -0.3 is 4.74 Å². The Labute approximate surface area is 134 Å². The summed E-state index contributed by atoms with van der Waals surface area (Å²) >= 11 is 0. The van der Waals surface area contributed by atoms with E-state index in [1.165, 1.54) is 43.5 Å². The molecule has 3 unspecified atom stereocenters. The van der Waals surface area contributed by atoms with Crippen LogP contribution in [0.4, 0.5) is 5.69 Å². The number of fused-ring (bicyclic) bond motifs is 2. The molecule has 0 radical (unpaired) electrons. The summed E-state index contributed by atoms with van der Waals surface area (Å²) in [6, 6.07) is 5.45. The lowest BCUT2D eigenvalue weighted by Crippen LogP contribution is -2.19. The third-order valence-electron chi connectivity index (χ3n) is 5.06. The predicted octanol–water partition coefficient (Wildman–Crippen LogP) is 3.15. The predicted molar refractivity (Wildman–Crippen MR) is 81.9 cm³/mol. The van der Waals surface area contributed by atoms with Crippen LogP contribution >= 0.6 is 0 Å². The highest BCUT2D eigenvalue weighted by Crippen LogP contribution is 2.49. The van der Waals surface area contributed by atoms with Crippen LogP contribution in [0.2, 0.25) is 0 Å². The van der Waals surface area contributed by atoms with Crippen molar-refractivity contribution < 1.29 is 19.2 Å². The van der Waals surface area contributed by atoms with Crippen molar-refractivity contribution in [1.82, 2.24) is 0 Å². The van der Waals surface area contributed by atoms with Gasteiger partial charge in [-0.2, -0.15) is 0 Å². The Hall–Kier alpha value is -2.24. The van der Waals surface area contributed by atoms with Gasteiger partial charge in [0.05, 0.1) is 4.92 Å². The third-order valence-corrected chi connectivity index (χ3v) is 5.06. The third kappa shape index (κ3) is 3.57. The summed E-state index contributed by atoms with van der Waals surface area (Å²) in [5.74, 6) is 1.04. The number of benzene rings is 1. The monoisotopic (exact) mass is 317 g/mol. The van der Waals surface area contributed by atoms with Crippen molar-refractivity contribution in [3.05, 3.63) is 39.9 Å². The van der Waals surface area contributed by atoms with Gasteiger partial charge in [-0.05, 0) is 37.0 Å². The van der Waals surface area contributed by atoms with Gasteiger partial charge in [-0.3, -0.25) is 19.7 Å². The fourth-order valence-corrected chi connectivity index (χ4v) is 3.92. The van der Waals surface area contributed by atoms with E-state index < -0.39 is 10.7 Å². The van der Waals surface area contributed by atoms with E-state index in [4.69, 9.17) is 4.74 Å². The van der Waals surface area contributed by atoms with Gasteiger partial charge in [0, 0.05) is 24.1 Å². The average molecular weight is 317 g/mol. The number of non-ortho nitro benzene ring substituents is 1. The number of nitrogens with zero attached hydrogens (tertiary/aromatic N) is 1. The van der Waals surface area contributed by atoms with Gasteiger partial charge in [-0.15, -0.1) is 0 Å². The van der Waals surface area contributed by atoms with Crippen molar-refractivity contribution in [3.8, 4) is 0 Å². The summed E-state index contributed by atoms with van der Waals surface area (Å²) in [5, 5.41) is 10.7. The molecule has 1 aromatic carbocycles. The van der Waals surface area contributed by atoms with Gasteiger partial charge in [-0.1, -0.05) is 18.6 Å². The fraction of sp³-hybridized carbons (Fsp3) is 0.529. The zero-order valence-electron chi connectivity index (χ0n) is 12.8. The first-order chi connectivity index (χ1) is 11.0. The lowest BCUT2D eigenvalue weighted by Gasteiger charge is -2.20. The first-order valence-corrected chi connectivity index (χ1v) is 7.96. The summed E-state index contributed by atoms with van der Waals surface area (Å²) in [5.41, 5.74) is 0.0380. The summed E-state index contributed by atoms with van der Waals surface area (Å²) in [7, 11) is 0. The molecule has 0 spiro atoms. The smallest absolute Gasteiger partial charge is 0.306 e. The second-order valence-electron chi connectivity index (χ2n) is 6.53. The molecule has 3 atom stereocenters. The van der Waals surface area contributed by atoms with Crippen molar-refractivity contribution in [2.75, 3.05) is 6.61 Å². The molecule has 1 aromatic rings. The quantitative estimate of drug-likeness (QED) is 0.348. The molecule has 6 nitrogen and oxygen atoms in total. The average Bonchev–Trinajstić information content (AvgIpc) is 3.15. The highest BCUT2D eigenvalue weighted by Gasteiger charge is 2.40. The molecule has 2 fully saturated rings. The van der Waals surface area contributed by atoms with E-state index in [0.29, 0.717) is 18.3 Å². The number of nitro groups is 1. The minimum Gasteiger partial charge on any atom is -0.457 e. The molecule has 122 valence electrons. The van der Waals surface area contributed by atoms with E-state index in [1.54, 1.807) is 0 Å². The number of Topliss-reactive ketones (excluding diaryl/α,β-unsaturated/α-hetero) is 1. The van der Waals surface area contributed by atoms with Crippen molar-refractivity contribution >= 4 is 17.4 Å². The van der Waals surface area contributed by atoms with Gasteiger partial charge in [0.15, 0.2) is 6.61 Å². The first kappa shape index (κ1) is 15.6. The van der Waals surface area contributed by atoms with Crippen molar-refractivity contribution in [2.45, 2.75) is 32.1 Å². The maximum absolute atomic E-state index is 12.0. The Kier molecular flexibility index (Phi) is 4.41. The van der Waals surface area contributed by atoms with Crippen LogP contribution < -0.4 is 0 Å². The van der Waals surface area contributed by atoms with Gasteiger partial charge in [0.2, 0.25) is 5.78 Å². The first-order valence-electron chi connectivity index (χ1n) is 7.96. The van der Waals surface area contributed by atoms with E-state index >= 15 is 0 Å². The molecule has 23 heavy (non-hydrogen) atoms. The second kappa shape index (κ2) is 6.48. The normalized spacial score (nSPS) is 25.3. The van der Waals surface area contributed by atoms with E-state index in [9.17, 15) is 19.7 Å². The Morgan fingerprint density at radius 3 is 2.74 bits per heavy atom. The lowest BCUT2D eigenvalue weighted by atomic mass is 9.86. The molecular formula is C17H19NO5. The topological polar surface area (TPSA) is 86.5 Å². The highest BCUT2D eigenvalue weighted by atomic mass is 16.6. The van der Waals surface area contributed by atoms with E-state index in [0.717, 1.165) is 12.3 Å². The number of carbonyl (C=O) groups excluding carboxylic acids is 2. The molecule has 0 amide bonds. The van der Waals surface area contributed by atoms with Crippen LogP contribution in [0.5, 0.6) is 0 Å². The summed E-state index contributed by atoms with van der Waals surface area (Å²) in [6.07, 6.45) is 5.18. The van der Waals surface area contributed by atoms with Gasteiger partial charge in [0.1, 0.15) is 0 Å². The molecule has 0 aliphatic heterocycles. The van der Waals surface area contributed by atoms with E-state index in [1.807, 2.05) is 0 Å². The van der Waals surface area contributed by atoms with E-state index in [-0.39, 0.29) is 23.8 Å². The largest absolute Gasteiger partial charge is 0.457 e. The molecule has 2 saturated carbocycles. The Morgan fingerprint density at radius 1 is 1.26 bits per heavy atom. The number of carbonyl (C=O) groups is 2. The number of nitro benzene ring substituents is 1. The van der Waals surface area contributed by atoms with Crippen LogP contribution in [0.3, 0.4) is 0 Å². The fourth-order valence-electron chi connectivity index (χ4n) is 3.92. The molecule has 2 bridgehead atoms. The zero-order valence-corrected chi connectivity index (χ0v) is 12.8. The summed E-state index contributed by atoms with van der Waals surface area (Å²) in [4.78, 5) is 34.0. The number of ketones is 1. The molecule has 0 heterocycles. The molecule has 3 rings (SSSR count). The molecule has 2 aliphatic rings. The van der Waals surface area contributed by atoms with Crippen LogP contribution in [0.15, 0.2) is 24.3 Å². The van der Waals surface area contributed by atoms with Crippen molar-refractivity contribution in [2.24, 2.45) is 17.8 Å². The van der Waals surface area contributed by atoms with Crippen LogP contribution in [0.25, 0.3) is 0 Å². The van der Waals surface area contributed by atoms with Crippen LogP contribution in [-0.4, -0.2) is 23.3 Å².